The number of hydrogen-bond acceptors (Lipinski definition) is 6. The average molecular weight is 357 g/mol. The Morgan fingerprint density at radius 2 is 2.19 bits per heavy atom. The second kappa shape index (κ2) is 6.96. The van der Waals surface area contributed by atoms with Crippen LogP contribution in [0.15, 0.2) is 53.4 Å². The predicted molar refractivity (Wildman–Crippen MR) is 104 cm³/mol. The molecule has 6 heteroatoms. The summed E-state index contributed by atoms with van der Waals surface area (Å²) in [6, 6.07) is 13.9. The van der Waals surface area contributed by atoms with Gasteiger partial charge in [-0.25, -0.2) is 4.98 Å². The molecule has 134 valence electrons. The zero-order valence-corrected chi connectivity index (χ0v) is 14.7. The van der Waals surface area contributed by atoms with Crippen molar-refractivity contribution in [3.8, 4) is 6.07 Å². The molecule has 0 bridgehead atoms. The normalized spacial score (nSPS) is 15.6. The van der Waals surface area contributed by atoms with Crippen molar-refractivity contribution in [1.82, 2.24) is 4.98 Å². The van der Waals surface area contributed by atoms with Crippen LogP contribution < -0.4 is 11.1 Å². The smallest absolute Gasteiger partial charge is 0.181 e. The Bertz CT molecular complexity index is 1030. The largest absolute Gasteiger partial charge is 0.442 e. The Morgan fingerprint density at radius 1 is 1.30 bits per heavy atom. The SMILES string of the molecule is N#Cc1ccc2c(c1)CCCC2Nc1ccc(N)c(C(=N)c2cnco2)c1. The van der Waals surface area contributed by atoms with Gasteiger partial charge in [-0.1, -0.05) is 6.07 Å². The molecule has 0 radical (unpaired) electrons. The summed E-state index contributed by atoms with van der Waals surface area (Å²) in [4.78, 5) is 3.87. The first-order valence-corrected chi connectivity index (χ1v) is 8.82. The van der Waals surface area contributed by atoms with Gasteiger partial charge in [0.05, 0.1) is 23.9 Å². The van der Waals surface area contributed by atoms with Crippen molar-refractivity contribution in [3.05, 3.63) is 77.0 Å². The summed E-state index contributed by atoms with van der Waals surface area (Å²) in [5.74, 6) is 0.380. The van der Waals surface area contributed by atoms with Crippen LogP contribution in [0.5, 0.6) is 0 Å². The summed E-state index contributed by atoms with van der Waals surface area (Å²) in [6.45, 7) is 0. The summed E-state index contributed by atoms with van der Waals surface area (Å²) in [6.07, 6.45) is 5.88. The summed E-state index contributed by atoms with van der Waals surface area (Å²) in [5.41, 5.74) is 11.4. The van der Waals surface area contributed by atoms with E-state index in [0.717, 1.165) is 24.9 Å². The number of hydrogen-bond donors (Lipinski definition) is 3. The number of nitrogens with one attached hydrogen (secondary N) is 2. The highest BCUT2D eigenvalue weighted by Gasteiger charge is 2.21. The van der Waals surface area contributed by atoms with E-state index in [9.17, 15) is 0 Å². The Kier molecular flexibility index (Phi) is 4.35. The van der Waals surface area contributed by atoms with E-state index in [1.165, 1.54) is 23.7 Å². The van der Waals surface area contributed by atoms with Crippen LogP contribution in [0.1, 0.15) is 46.9 Å². The molecule has 1 unspecified atom stereocenters. The number of aromatic nitrogens is 1. The minimum absolute atomic E-state index is 0.164. The molecule has 0 saturated heterocycles. The zero-order chi connectivity index (χ0) is 18.8. The van der Waals surface area contributed by atoms with Crippen molar-refractivity contribution < 1.29 is 4.42 Å². The van der Waals surface area contributed by atoms with E-state index in [4.69, 9.17) is 20.8 Å². The van der Waals surface area contributed by atoms with Crippen LogP contribution in [0, 0.1) is 16.7 Å². The molecule has 1 aliphatic carbocycles. The molecule has 3 aromatic rings. The van der Waals surface area contributed by atoms with Crippen LogP contribution in [0.25, 0.3) is 0 Å². The number of oxazole rings is 1. The third-order valence-corrected chi connectivity index (χ3v) is 4.93. The number of rotatable bonds is 4. The van der Waals surface area contributed by atoms with Gasteiger partial charge >= 0.3 is 0 Å². The molecule has 2 aromatic carbocycles. The molecule has 0 spiro atoms. The van der Waals surface area contributed by atoms with Gasteiger partial charge in [-0.05, 0) is 60.7 Å². The van der Waals surface area contributed by atoms with Crippen LogP contribution in [0.2, 0.25) is 0 Å². The Balaban J connectivity index is 1.62. The number of nitrogen functional groups attached to an aromatic ring is 1. The summed E-state index contributed by atoms with van der Waals surface area (Å²) in [7, 11) is 0. The van der Waals surface area contributed by atoms with E-state index in [2.05, 4.69) is 16.4 Å². The summed E-state index contributed by atoms with van der Waals surface area (Å²) >= 11 is 0. The lowest BCUT2D eigenvalue weighted by atomic mass is 9.86. The van der Waals surface area contributed by atoms with E-state index in [1.54, 1.807) is 6.07 Å². The molecule has 0 amide bonds. The Labute approximate surface area is 157 Å². The van der Waals surface area contributed by atoms with Gasteiger partial charge in [0.25, 0.3) is 0 Å². The van der Waals surface area contributed by atoms with Crippen LogP contribution >= 0.6 is 0 Å². The lowest BCUT2D eigenvalue weighted by Gasteiger charge is -2.27. The molecule has 27 heavy (non-hydrogen) atoms. The van der Waals surface area contributed by atoms with E-state index in [-0.39, 0.29) is 11.8 Å². The first-order chi connectivity index (χ1) is 13.2. The number of aryl methyl sites for hydroxylation is 1. The zero-order valence-electron chi connectivity index (χ0n) is 14.7. The number of nitrogens with zero attached hydrogens (tertiary/aromatic N) is 2. The van der Waals surface area contributed by atoms with Crippen LogP contribution in [0.3, 0.4) is 0 Å². The maximum Gasteiger partial charge on any atom is 0.181 e. The van der Waals surface area contributed by atoms with Crippen molar-refractivity contribution in [2.75, 3.05) is 11.1 Å². The molecular weight excluding hydrogens is 338 g/mol. The van der Waals surface area contributed by atoms with E-state index in [0.29, 0.717) is 22.6 Å². The molecule has 6 nitrogen and oxygen atoms in total. The highest BCUT2D eigenvalue weighted by Crippen LogP contribution is 2.34. The molecule has 4 rings (SSSR count). The van der Waals surface area contributed by atoms with Gasteiger partial charge in [0.2, 0.25) is 0 Å². The molecule has 1 heterocycles. The average Bonchev–Trinajstić information content (AvgIpc) is 3.23. The van der Waals surface area contributed by atoms with E-state index in [1.807, 2.05) is 30.3 Å². The quantitative estimate of drug-likeness (QED) is 0.482. The topological polar surface area (TPSA) is 112 Å². The van der Waals surface area contributed by atoms with Gasteiger partial charge in [0.1, 0.15) is 5.71 Å². The minimum atomic E-state index is 0.164. The van der Waals surface area contributed by atoms with Gasteiger partial charge in [0.15, 0.2) is 12.2 Å². The van der Waals surface area contributed by atoms with Crippen molar-refractivity contribution in [3.63, 3.8) is 0 Å². The third-order valence-electron chi connectivity index (χ3n) is 4.93. The molecule has 0 saturated carbocycles. The van der Waals surface area contributed by atoms with E-state index >= 15 is 0 Å². The Morgan fingerprint density at radius 3 is 2.96 bits per heavy atom. The molecule has 1 aromatic heterocycles. The monoisotopic (exact) mass is 357 g/mol. The van der Waals surface area contributed by atoms with Crippen LogP contribution in [-0.2, 0) is 6.42 Å². The van der Waals surface area contributed by atoms with E-state index < -0.39 is 0 Å². The number of nitriles is 1. The highest BCUT2D eigenvalue weighted by atomic mass is 16.3. The molecule has 1 aliphatic rings. The Hall–Kier alpha value is -3.59. The van der Waals surface area contributed by atoms with Crippen LogP contribution in [0.4, 0.5) is 11.4 Å². The van der Waals surface area contributed by atoms with Gasteiger partial charge in [-0.2, -0.15) is 5.26 Å². The fourth-order valence-electron chi connectivity index (χ4n) is 3.57. The van der Waals surface area contributed by atoms with Gasteiger partial charge in [-0.3, -0.25) is 5.41 Å². The molecule has 0 aliphatic heterocycles. The number of fused-ring (bicyclic) bond motifs is 1. The summed E-state index contributed by atoms with van der Waals surface area (Å²) in [5, 5.41) is 21.0. The van der Waals surface area contributed by atoms with Crippen molar-refractivity contribution in [2.24, 2.45) is 0 Å². The molecule has 0 fully saturated rings. The maximum atomic E-state index is 9.12. The van der Waals surface area contributed by atoms with Gasteiger partial charge in [-0.15, -0.1) is 0 Å². The lowest BCUT2D eigenvalue weighted by molar-refractivity contribution is 0.548. The van der Waals surface area contributed by atoms with Crippen molar-refractivity contribution >= 4 is 17.1 Å². The number of nitrogens with two attached hydrogens (primary N) is 1. The standard InChI is InChI=1S/C21H19N5O/c22-10-13-4-6-16-14(8-13)2-1-3-19(16)26-15-5-7-18(23)17(9-15)21(24)20-11-25-12-27-20/h4-9,11-12,19,24,26H,1-3,23H2. The summed E-state index contributed by atoms with van der Waals surface area (Å²) < 4.78 is 5.22. The highest BCUT2D eigenvalue weighted by molar-refractivity contribution is 6.12. The predicted octanol–water partition coefficient (Wildman–Crippen LogP) is 4.03. The molecule has 4 N–H and O–H groups in total. The maximum absolute atomic E-state index is 9.12. The fourth-order valence-corrected chi connectivity index (χ4v) is 3.57. The number of anilines is 2. The molecule has 1 atom stereocenters. The lowest BCUT2D eigenvalue weighted by Crippen LogP contribution is -2.18. The second-order valence-electron chi connectivity index (χ2n) is 6.66. The van der Waals surface area contributed by atoms with Crippen molar-refractivity contribution in [1.29, 1.82) is 10.7 Å². The molecular formula is C21H19N5O. The van der Waals surface area contributed by atoms with Crippen LogP contribution in [-0.4, -0.2) is 10.7 Å². The van der Waals surface area contributed by atoms with Crippen molar-refractivity contribution in [2.45, 2.75) is 25.3 Å². The minimum Gasteiger partial charge on any atom is -0.442 e. The number of benzene rings is 2. The third kappa shape index (κ3) is 3.27. The first kappa shape index (κ1) is 16.9. The first-order valence-electron chi connectivity index (χ1n) is 8.82. The fraction of sp³-hybridized carbons (Fsp3) is 0.190. The second-order valence-corrected chi connectivity index (χ2v) is 6.66. The van der Waals surface area contributed by atoms with Gasteiger partial charge < -0.3 is 15.5 Å². The van der Waals surface area contributed by atoms with Gasteiger partial charge in [0, 0.05) is 16.9 Å².